The molecule has 7 nitrogen and oxygen atoms in total. The van der Waals surface area contributed by atoms with E-state index in [9.17, 15) is 4.79 Å². The highest BCUT2D eigenvalue weighted by Gasteiger charge is 2.28. The Hall–Kier alpha value is -2.41. The molecule has 1 fully saturated rings. The minimum Gasteiger partial charge on any atom is -0.484 e. The number of piperidine rings is 1. The summed E-state index contributed by atoms with van der Waals surface area (Å²) in [6.07, 6.45) is 1.86. The van der Waals surface area contributed by atoms with Crippen molar-refractivity contribution in [3.8, 4) is 5.75 Å². The number of carbonyl (C=O) groups is 1. The molecule has 1 N–H and O–H groups in total. The third-order valence-electron chi connectivity index (χ3n) is 6.09. The van der Waals surface area contributed by atoms with Gasteiger partial charge in [-0.2, -0.15) is 0 Å². The number of ether oxygens (including phenoxy) is 1. The maximum atomic E-state index is 12.6. The van der Waals surface area contributed by atoms with Crippen LogP contribution in [0.2, 0.25) is 0 Å². The summed E-state index contributed by atoms with van der Waals surface area (Å²) in [4.78, 5) is 14.5. The lowest BCUT2D eigenvalue weighted by atomic mass is 9.95. The van der Waals surface area contributed by atoms with Crippen LogP contribution in [0, 0.1) is 6.92 Å². The van der Waals surface area contributed by atoms with Gasteiger partial charge in [-0.3, -0.25) is 4.79 Å². The number of hydrogen-bond donors (Lipinski definition) is 1. The van der Waals surface area contributed by atoms with Crippen LogP contribution in [0.3, 0.4) is 0 Å². The van der Waals surface area contributed by atoms with Gasteiger partial charge in [0.25, 0.3) is 5.91 Å². The molecule has 29 heavy (non-hydrogen) atoms. The molecule has 0 bridgehead atoms. The Bertz CT molecular complexity index is 868. The first-order chi connectivity index (χ1) is 14.0. The zero-order chi connectivity index (χ0) is 20.4. The number of fused-ring (bicyclic) bond motifs is 1. The van der Waals surface area contributed by atoms with Crippen LogP contribution in [0.4, 0.5) is 0 Å². The number of nitrogens with one attached hydrogen (secondary N) is 1. The molecule has 0 saturated carbocycles. The Balaban J connectivity index is 1.29. The predicted octanol–water partition coefficient (Wildman–Crippen LogP) is 2.60. The fraction of sp³-hybridized carbons (Fsp3) is 0.591. The third kappa shape index (κ3) is 4.29. The summed E-state index contributed by atoms with van der Waals surface area (Å²) in [7, 11) is 0. The van der Waals surface area contributed by atoms with Crippen LogP contribution in [0.1, 0.15) is 61.3 Å². The summed E-state index contributed by atoms with van der Waals surface area (Å²) < 4.78 is 8.04. The summed E-state index contributed by atoms with van der Waals surface area (Å²) >= 11 is 0. The second-order valence-corrected chi connectivity index (χ2v) is 8.42. The molecule has 3 heterocycles. The molecule has 4 rings (SSSR count). The van der Waals surface area contributed by atoms with Crippen molar-refractivity contribution in [2.75, 3.05) is 26.2 Å². The van der Waals surface area contributed by atoms with E-state index in [0.717, 1.165) is 63.0 Å². The molecule has 1 saturated heterocycles. The standard InChI is InChI=1S/C22H31N5O2/c1-15(2)19-5-4-18(12-16(19)3)29-14-21(28)26-9-6-17(7-10-26)22-25-24-20-13-23-8-11-27(20)22/h4-5,12,15,17,23H,6-11,13-14H2,1-3H3. The molecule has 0 radical (unpaired) electrons. The molecule has 1 aromatic heterocycles. The Morgan fingerprint density at radius 3 is 2.76 bits per heavy atom. The maximum absolute atomic E-state index is 12.6. The molecule has 0 spiro atoms. The molecule has 156 valence electrons. The van der Waals surface area contributed by atoms with Gasteiger partial charge in [-0.25, -0.2) is 0 Å². The molecule has 7 heteroatoms. The summed E-state index contributed by atoms with van der Waals surface area (Å²) in [5, 5.41) is 12.1. The quantitative estimate of drug-likeness (QED) is 0.840. The van der Waals surface area contributed by atoms with Gasteiger partial charge in [-0.05, 0) is 48.9 Å². The van der Waals surface area contributed by atoms with E-state index in [1.807, 2.05) is 17.0 Å². The number of likely N-dealkylation sites (tertiary alicyclic amines) is 1. The zero-order valence-corrected chi connectivity index (χ0v) is 17.6. The van der Waals surface area contributed by atoms with Crippen LogP contribution in [-0.2, 0) is 17.9 Å². The summed E-state index contributed by atoms with van der Waals surface area (Å²) in [6.45, 7) is 10.7. The van der Waals surface area contributed by atoms with Gasteiger partial charge in [0.15, 0.2) is 6.61 Å². The van der Waals surface area contributed by atoms with Crippen molar-refractivity contribution in [3.63, 3.8) is 0 Å². The number of benzene rings is 1. The largest absolute Gasteiger partial charge is 0.484 e. The fourth-order valence-electron chi connectivity index (χ4n) is 4.43. The van der Waals surface area contributed by atoms with Crippen LogP contribution >= 0.6 is 0 Å². The molecular formula is C22H31N5O2. The Labute approximate surface area is 172 Å². The fourth-order valence-corrected chi connectivity index (χ4v) is 4.43. The number of carbonyl (C=O) groups excluding carboxylic acids is 1. The summed E-state index contributed by atoms with van der Waals surface area (Å²) in [5.74, 6) is 3.80. The highest BCUT2D eigenvalue weighted by molar-refractivity contribution is 5.77. The van der Waals surface area contributed by atoms with Crippen LogP contribution in [0.5, 0.6) is 5.75 Å². The normalized spacial score (nSPS) is 17.4. The van der Waals surface area contributed by atoms with E-state index in [1.54, 1.807) is 0 Å². The Morgan fingerprint density at radius 1 is 1.24 bits per heavy atom. The number of aryl methyl sites for hydroxylation is 1. The van der Waals surface area contributed by atoms with E-state index < -0.39 is 0 Å². The van der Waals surface area contributed by atoms with E-state index in [1.165, 1.54) is 11.1 Å². The van der Waals surface area contributed by atoms with Gasteiger partial charge in [-0.15, -0.1) is 10.2 Å². The molecule has 0 aliphatic carbocycles. The highest BCUT2D eigenvalue weighted by Crippen LogP contribution is 2.28. The van der Waals surface area contributed by atoms with Crippen molar-refractivity contribution in [1.29, 1.82) is 0 Å². The molecule has 2 aliphatic heterocycles. The van der Waals surface area contributed by atoms with Crippen LogP contribution in [-0.4, -0.2) is 51.8 Å². The summed E-state index contributed by atoms with van der Waals surface area (Å²) in [6, 6.07) is 6.09. The Morgan fingerprint density at radius 2 is 2.03 bits per heavy atom. The molecule has 2 aliphatic rings. The van der Waals surface area contributed by atoms with E-state index >= 15 is 0 Å². The number of rotatable bonds is 5. The highest BCUT2D eigenvalue weighted by atomic mass is 16.5. The number of hydrogen-bond acceptors (Lipinski definition) is 5. The van der Waals surface area contributed by atoms with Gasteiger partial charge in [-0.1, -0.05) is 19.9 Å². The van der Waals surface area contributed by atoms with Crippen molar-refractivity contribution in [3.05, 3.63) is 41.0 Å². The molecule has 2 aromatic rings. The average molecular weight is 398 g/mol. The smallest absolute Gasteiger partial charge is 0.260 e. The first kappa shape index (κ1) is 19.9. The molecule has 0 atom stereocenters. The average Bonchev–Trinajstić information content (AvgIpc) is 3.16. The second-order valence-electron chi connectivity index (χ2n) is 8.42. The third-order valence-corrected chi connectivity index (χ3v) is 6.09. The maximum Gasteiger partial charge on any atom is 0.260 e. The first-order valence-electron chi connectivity index (χ1n) is 10.7. The monoisotopic (exact) mass is 397 g/mol. The van der Waals surface area contributed by atoms with Crippen molar-refractivity contribution in [2.24, 2.45) is 0 Å². The van der Waals surface area contributed by atoms with Crippen LogP contribution in [0.25, 0.3) is 0 Å². The van der Waals surface area contributed by atoms with E-state index in [2.05, 4.69) is 46.9 Å². The lowest BCUT2D eigenvalue weighted by Crippen LogP contribution is -2.41. The van der Waals surface area contributed by atoms with Crippen molar-refractivity contribution in [2.45, 2.75) is 58.5 Å². The summed E-state index contributed by atoms with van der Waals surface area (Å²) in [5.41, 5.74) is 2.52. The topological polar surface area (TPSA) is 72.3 Å². The lowest BCUT2D eigenvalue weighted by molar-refractivity contribution is -0.134. The van der Waals surface area contributed by atoms with Crippen LogP contribution < -0.4 is 10.1 Å². The van der Waals surface area contributed by atoms with E-state index in [4.69, 9.17) is 4.74 Å². The number of nitrogens with zero attached hydrogens (tertiary/aromatic N) is 4. The van der Waals surface area contributed by atoms with Crippen molar-refractivity contribution in [1.82, 2.24) is 25.0 Å². The van der Waals surface area contributed by atoms with Gasteiger partial charge in [0, 0.05) is 32.1 Å². The lowest BCUT2D eigenvalue weighted by Gasteiger charge is -2.32. The zero-order valence-electron chi connectivity index (χ0n) is 17.6. The van der Waals surface area contributed by atoms with Gasteiger partial charge in [0.05, 0.1) is 6.54 Å². The van der Waals surface area contributed by atoms with Crippen molar-refractivity contribution >= 4 is 5.91 Å². The SMILES string of the molecule is Cc1cc(OCC(=O)N2CCC(c3nnc4n3CCNC4)CC2)ccc1C(C)C. The Kier molecular flexibility index (Phi) is 5.85. The van der Waals surface area contributed by atoms with Crippen molar-refractivity contribution < 1.29 is 9.53 Å². The molecule has 1 amide bonds. The van der Waals surface area contributed by atoms with E-state index in [0.29, 0.717) is 11.8 Å². The molecular weight excluding hydrogens is 366 g/mol. The number of amides is 1. The molecule has 0 unspecified atom stereocenters. The second kappa shape index (κ2) is 8.53. The minimum absolute atomic E-state index is 0.0570. The van der Waals surface area contributed by atoms with Gasteiger partial charge < -0.3 is 19.5 Å². The van der Waals surface area contributed by atoms with Gasteiger partial charge in [0.2, 0.25) is 0 Å². The van der Waals surface area contributed by atoms with Gasteiger partial charge in [0.1, 0.15) is 17.4 Å². The van der Waals surface area contributed by atoms with Gasteiger partial charge >= 0.3 is 0 Å². The predicted molar refractivity (Wildman–Crippen MR) is 111 cm³/mol. The minimum atomic E-state index is 0.0570. The van der Waals surface area contributed by atoms with Crippen LogP contribution in [0.15, 0.2) is 18.2 Å². The first-order valence-corrected chi connectivity index (χ1v) is 10.7. The van der Waals surface area contributed by atoms with E-state index in [-0.39, 0.29) is 12.5 Å². The number of aromatic nitrogens is 3. The molecule has 1 aromatic carbocycles.